The fourth-order valence-corrected chi connectivity index (χ4v) is 3.63. The Labute approximate surface area is 159 Å². The Kier molecular flexibility index (Phi) is 7.33. The quantitative estimate of drug-likeness (QED) is 0.313. The van der Waals surface area contributed by atoms with E-state index in [0.717, 1.165) is 25.7 Å². The lowest BCUT2D eigenvalue weighted by atomic mass is 9.87. The Morgan fingerprint density at radius 2 is 1.89 bits per heavy atom. The molecule has 9 nitrogen and oxygen atoms in total. The van der Waals surface area contributed by atoms with Crippen molar-refractivity contribution in [3.05, 3.63) is 10.4 Å². The lowest BCUT2D eigenvalue weighted by molar-refractivity contribution is -0.147. The Bertz CT molecular complexity index is 577. The van der Waals surface area contributed by atoms with E-state index < -0.39 is 11.7 Å². The molecule has 2 atom stereocenters. The number of hydrogen-bond acceptors (Lipinski definition) is 6. The van der Waals surface area contributed by atoms with Gasteiger partial charge in [-0.05, 0) is 58.4 Å². The largest absolute Gasteiger partial charge is 0.469 e. The van der Waals surface area contributed by atoms with Crippen LogP contribution in [0, 0.1) is 5.92 Å². The van der Waals surface area contributed by atoms with E-state index in [4.69, 9.17) is 19.7 Å². The topological polar surface area (TPSA) is 114 Å². The number of rotatable bonds is 5. The summed E-state index contributed by atoms with van der Waals surface area (Å²) in [4.78, 5) is 28.6. The molecule has 27 heavy (non-hydrogen) atoms. The van der Waals surface area contributed by atoms with Gasteiger partial charge in [0.1, 0.15) is 5.60 Å². The van der Waals surface area contributed by atoms with E-state index in [2.05, 4.69) is 10.0 Å². The number of hydrogen-bond donors (Lipinski definition) is 0. The fraction of sp³-hybridized carbons (Fsp3) is 0.889. The molecular weight excluding hydrogens is 352 g/mol. The van der Waals surface area contributed by atoms with Crippen molar-refractivity contribution in [2.75, 3.05) is 20.3 Å². The summed E-state index contributed by atoms with van der Waals surface area (Å²) in [5, 5.41) is 3.76. The summed E-state index contributed by atoms with van der Waals surface area (Å²) in [5.41, 5.74) is 8.11. The van der Waals surface area contributed by atoms with Crippen LogP contribution in [0.25, 0.3) is 10.4 Å². The SMILES string of the molecule is COC(=O)[C@H]1CC[C@H](OC[C@@H]2C[C@H](N=[N+]=[N-])CN2C(=O)OC(C)(C)C)CC1. The first kappa shape index (κ1) is 21.3. The fourth-order valence-electron chi connectivity index (χ4n) is 3.63. The van der Waals surface area contributed by atoms with E-state index in [1.54, 1.807) is 4.90 Å². The molecule has 0 aromatic rings. The third kappa shape index (κ3) is 6.29. The Morgan fingerprint density at radius 1 is 1.22 bits per heavy atom. The zero-order valence-corrected chi connectivity index (χ0v) is 16.6. The van der Waals surface area contributed by atoms with Gasteiger partial charge in [0.15, 0.2) is 0 Å². The van der Waals surface area contributed by atoms with Gasteiger partial charge in [0.25, 0.3) is 0 Å². The maximum atomic E-state index is 12.5. The number of carbonyl (C=O) groups excluding carboxylic acids is 2. The van der Waals surface area contributed by atoms with Gasteiger partial charge in [-0.2, -0.15) is 0 Å². The summed E-state index contributed by atoms with van der Waals surface area (Å²) in [5.74, 6) is -0.202. The molecule has 9 heteroatoms. The minimum Gasteiger partial charge on any atom is -0.469 e. The molecule has 152 valence electrons. The molecule has 2 rings (SSSR count). The molecule has 0 radical (unpaired) electrons. The van der Waals surface area contributed by atoms with E-state index in [1.165, 1.54) is 7.11 Å². The van der Waals surface area contributed by atoms with Crippen molar-refractivity contribution in [1.29, 1.82) is 0 Å². The number of azide groups is 1. The van der Waals surface area contributed by atoms with Gasteiger partial charge in [-0.25, -0.2) is 4.79 Å². The standard InChI is InChI=1S/C18H30N4O5/c1-18(2,3)27-17(24)22-10-13(20-21-19)9-14(22)11-26-15-7-5-12(6-8-15)16(23)25-4/h12-15H,5-11H2,1-4H3/t12-,13-,14-,15-/m0/s1. The number of ether oxygens (including phenoxy) is 3. The van der Waals surface area contributed by atoms with Crippen LogP contribution in [0.3, 0.4) is 0 Å². The molecule has 1 aliphatic carbocycles. The molecule has 2 aliphatic rings. The Balaban J connectivity index is 1.89. The molecule has 0 N–H and O–H groups in total. The van der Waals surface area contributed by atoms with Gasteiger partial charge in [-0.1, -0.05) is 5.11 Å². The van der Waals surface area contributed by atoms with Crippen LogP contribution < -0.4 is 0 Å². The van der Waals surface area contributed by atoms with Crippen molar-refractivity contribution >= 4 is 12.1 Å². The van der Waals surface area contributed by atoms with Crippen LogP contribution >= 0.6 is 0 Å². The molecule has 0 spiro atoms. The normalized spacial score (nSPS) is 28.4. The maximum Gasteiger partial charge on any atom is 0.410 e. The minimum atomic E-state index is -0.592. The zero-order valence-electron chi connectivity index (χ0n) is 16.6. The summed E-state index contributed by atoms with van der Waals surface area (Å²) in [7, 11) is 1.41. The Morgan fingerprint density at radius 3 is 2.44 bits per heavy atom. The molecular formula is C18H30N4O5. The van der Waals surface area contributed by atoms with Crippen molar-refractivity contribution in [3.63, 3.8) is 0 Å². The van der Waals surface area contributed by atoms with Crippen LogP contribution in [0.1, 0.15) is 52.9 Å². The monoisotopic (exact) mass is 382 g/mol. The van der Waals surface area contributed by atoms with Crippen molar-refractivity contribution in [2.24, 2.45) is 11.0 Å². The van der Waals surface area contributed by atoms with Gasteiger partial charge in [-0.15, -0.1) is 0 Å². The van der Waals surface area contributed by atoms with E-state index >= 15 is 0 Å². The lowest BCUT2D eigenvalue weighted by Gasteiger charge is -2.31. The second kappa shape index (κ2) is 9.28. The average molecular weight is 382 g/mol. The summed E-state index contributed by atoms with van der Waals surface area (Å²) in [6.45, 7) is 6.15. The molecule has 1 saturated heterocycles. The van der Waals surface area contributed by atoms with Crippen molar-refractivity contribution < 1.29 is 23.8 Å². The van der Waals surface area contributed by atoms with Crippen LogP contribution in [0.2, 0.25) is 0 Å². The summed E-state index contributed by atoms with van der Waals surface area (Å²) < 4.78 is 16.3. The molecule has 1 aliphatic heterocycles. The molecule has 1 amide bonds. The van der Waals surface area contributed by atoms with Crippen molar-refractivity contribution in [3.8, 4) is 0 Å². The second-order valence-corrected chi connectivity index (χ2v) is 8.21. The van der Waals surface area contributed by atoms with E-state index in [9.17, 15) is 9.59 Å². The zero-order chi connectivity index (χ0) is 20.0. The number of amides is 1. The molecule has 0 aromatic heterocycles. The van der Waals surface area contributed by atoms with E-state index in [1.807, 2.05) is 20.8 Å². The van der Waals surface area contributed by atoms with Gasteiger partial charge in [0.05, 0.1) is 37.8 Å². The van der Waals surface area contributed by atoms with Gasteiger partial charge in [-0.3, -0.25) is 4.79 Å². The molecule has 1 saturated carbocycles. The number of nitrogens with zero attached hydrogens (tertiary/aromatic N) is 4. The number of likely N-dealkylation sites (tertiary alicyclic amines) is 1. The minimum absolute atomic E-state index is 0.0473. The number of esters is 1. The first-order valence-corrected chi connectivity index (χ1v) is 9.46. The predicted molar refractivity (Wildman–Crippen MR) is 98.0 cm³/mol. The molecule has 1 heterocycles. The van der Waals surface area contributed by atoms with Crippen LogP contribution in [0.4, 0.5) is 4.79 Å². The van der Waals surface area contributed by atoms with Crippen LogP contribution in [-0.4, -0.2) is 61.0 Å². The smallest absolute Gasteiger partial charge is 0.410 e. The first-order chi connectivity index (χ1) is 12.7. The third-order valence-corrected chi connectivity index (χ3v) is 4.97. The van der Waals surface area contributed by atoms with Gasteiger partial charge in [0, 0.05) is 11.5 Å². The molecule has 0 bridgehead atoms. The number of carbonyl (C=O) groups is 2. The molecule has 2 fully saturated rings. The lowest BCUT2D eigenvalue weighted by Crippen LogP contribution is -2.42. The highest BCUT2D eigenvalue weighted by molar-refractivity contribution is 5.72. The van der Waals surface area contributed by atoms with Crippen LogP contribution in [0.15, 0.2) is 5.11 Å². The third-order valence-electron chi connectivity index (χ3n) is 4.97. The molecule has 0 unspecified atom stereocenters. The van der Waals surface area contributed by atoms with Crippen molar-refractivity contribution in [1.82, 2.24) is 4.90 Å². The average Bonchev–Trinajstić information content (AvgIpc) is 3.02. The highest BCUT2D eigenvalue weighted by atomic mass is 16.6. The maximum absolute atomic E-state index is 12.5. The molecule has 0 aromatic carbocycles. The van der Waals surface area contributed by atoms with Gasteiger partial charge >= 0.3 is 12.1 Å². The van der Waals surface area contributed by atoms with Gasteiger partial charge in [0.2, 0.25) is 0 Å². The van der Waals surface area contributed by atoms with Gasteiger partial charge < -0.3 is 19.1 Å². The number of methoxy groups -OCH3 is 1. The second-order valence-electron chi connectivity index (χ2n) is 8.21. The summed E-state index contributed by atoms with van der Waals surface area (Å²) in [6, 6.07) is -0.458. The Hall–Kier alpha value is -1.99. The summed E-state index contributed by atoms with van der Waals surface area (Å²) in [6.07, 6.45) is 3.28. The van der Waals surface area contributed by atoms with Crippen LogP contribution in [0.5, 0.6) is 0 Å². The van der Waals surface area contributed by atoms with Crippen LogP contribution in [-0.2, 0) is 19.0 Å². The first-order valence-electron chi connectivity index (χ1n) is 9.46. The van der Waals surface area contributed by atoms with E-state index in [-0.39, 0.29) is 30.1 Å². The van der Waals surface area contributed by atoms with E-state index in [0.29, 0.717) is 19.6 Å². The van der Waals surface area contributed by atoms with Crippen molar-refractivity contribution in [2.45, 2.75) is 76.7 Å². The highest BCUT2D eigenvalue weighted by Gasteiger charge is 2.38. The summed E-state index contributed by atoms with van der Waals surface area (Å²) >= 11 is 0. The predicted octanol–water partition coefficient (Wildman–Crippen LogP) is 3.42. The highest BCUT2D eigenvalue weighted by Crippen LogP contribution is 2.29.